The molecule has 0 aliphatic carbocycles. The normalized spacial score (nSPS) is 11.2. The minimum Gasteiger partial charge on any atom is -0.488 e. The molecule has 0 saturated carbocycles. The fourth-order valence-corrected chi connectivity index (χ4v) is 4.08. The predicted molar refractivity (Wildman–Crippen MR) is 140 cm³/mol. The standard InChI is InChI=1S/C26H27FN6O2S/c1-15-30-12-21(36-15)13-34-19-9-17(27)10-20(11-19)35-18-7-5-16(6-8-18)23(28)22-24(29)31-14-32-25(22)33-26(2,3)4/h5-12,14,28H,13H2,1-4H3,(H3,29,31,32,33). The number of rotatable bonds is 8. The Morgan fingerprint density at radius 3 is 2.44 bits per heavy atom. The molecule has 36 heavy (non-hydrogen) atoms. The van der Waals surface area contributed by atoms with Crippen molar-refractivity contribution >= 4 is 28.7 Å². The maximum Gasteiger partial charge on any atom is 0.141 e. The molecule has 2 heterocycles. The molecular weight excluding hydrogens is 479 g/mol. The lowest BCUT2D eigenvalue weighted by atomic mass is 10.0. The molecule has 2 aromatic heterocycles. The molecule has 0 unspecified atom stereocenters. The number of nitrogen functional groups attached to an aromatic ring is 1. The summed E-state index contributed by atoms with van der Waals surface area (Å²) < 4.78 is 25.7. The van der Waals surface area contributed by atoms with Crippen molar-refractivity contribution in [1.82, 2.24) is 15.0 Å². The van der Waals surface area contributed by atoms with Gasteiger partial charge in [0.15, 0.2) is 0 Å². The van der Waals surface area contributed by atoms with E-state index in [1.54, 1.807) is 36.5 Å². The van der Waals surface area contributed by atoms with Gasteiger partial charge in [-0.1, -0.05) is 0 Å². The molecule has 0 fully saturated rings. The maximum absolute atomic E-state index is 14.2. The first-order valence-electron chi connectivity index (χ1n) is 11.2. The molecule has 0 radical (unpaired) electrons. The summed E-state index contributed by atoms with van der Waals surface area (Å²) in [6.45, 7) is 8.19. The summed E-state index contributed by atoms with van der Waals surface area (Å²) >= 11 is 1.53. The van der Waals surface area contributed by atoms with E-state index in [0.717, 1.165) is 9.88 Å². The van der Waals surface area contributed by atoms with Crippen LogP contribution in [0.1, 0.15) is 41.8 Å². The van der Waals surface area contributed by atoms with Crippen molar-refractivity contribution in [2.45, 2.75) is 39.8 Å². The van der Waals surface area contributed by atoms with Gasteiger partial charge in [-0.15, -0.1) is 11.3 Å². The van der Waals surface area contributed by atoms with Crippen molar-refractivity contribution in [1.29, 1.82) is 5.41 Å². The Balaban J connectivity index is 1.49. The molecule has 10 heteroatoms. The summed E-state index contributed by atoms with van der Waals surface area (Å²) in [5, 5.41) is 12.9. The Morgan fingerprint density at radius 1 is 1.06 bits per heavy atom. The Kier molecular flexibility index (Phi) is 7.16. The van der Waals surface area contributed by atoms with E-state index < -0.39 is 5.82 Å². The average Bonchev–Trinajstić information content (AvgIpc) is 3.22. The van der Waals surface area contributed by atoms with Crippen LogP contribution >= 0.6 is 11.3 Å². The monoisotopic (exact) mass is 506 g/mol. The minimum atomic E-state index is -0.472. The Bertz CT molecular complexity index is 1380. The van der Waals surface area contributed by atoms with E-state index in [2.05, 4.69) is 20.3 Å². The van der Waals surface area contributed by atoms with Crippen LogP contribution < -0.4 is 20.5 Å². The third-order valence-corrected chi connectivity index (χ3v) is 5.78. The van der Waals surface area contributed by atoms with E-state index in [9.17, 15) is 4.39 Å². The number of nitrogens with one attached hydrogen (secondary N) is 2. The Labute approximate surface area is 212 Å². The number of nitrogens with zero attached hydrogens (tertiary/aromatic N) is 3. The highest BCUT2D eigenvalue weighted by Crippen LogP contribution is 2.29. The van der Waals surface area contributed by atoms with Crippen LogP contribution in [0.4, 0.5) is 16.0 Å². The largest absolute Gasteiger partial charge is 0.488 e. The first-order valence-corrected chi connectivity index (χ1v) is 12.0. The number of aromatic nitrogens is 3. The molecule has 4 rings (SSSR count). The average molecular weight is 507 g/mol. The van der Waals surface area contributed by atoms with Crippen molar-refractivity contribution in [2.24, 2.45) is 0 Å². The number of thiazole rings is 1. The van der Waals surface area contributed by atoms with Gasteiger partial charge in [-0.25, -0.2) is 19.3 Å². The third-order valence-electron chi connectivity index (χ3n) is 4.89. The highest BCUT2D eigenvalue weighted by Gasteiger charge is 2.20. The maximum atomic E-state index is 14.2. The Hall–Kier alpha value is -4.05. The van der Waals surface area contributed by atoms with Crippen LogP contribution in [0, 0.1) is 18.2 Å². The number of nitrogens with two attached hydrogens (primary N) is 1. The molecule has 4 aromatic rings. The van der Waals surface area contributed by atoms with Gasteiger partial charge in [0.25, 0.3) is 0 Å². The summed E-state index contributed by atoms with van der Waals surface area (Å²) in [7, 11) is 0. The number of hydrogen-bond acceptors (Lipinski definition) is 9. The zero-order chi connectivity index (χ0) is 25.9. The molecule has 0 amide bonds. The van der Waals surface area contributed by atoms with Crippen molar-refractivity contribution < 1.29 is 13.9 Å². The molecular formula is C26H27FN6O2S. The van der Waals surface area contributed by atoms with Gasteiger partial charge in [-0.2, -0.15) is 0 Å². The topological polar surface area (TPSA) is 119 Å². The fourth-order valence-electron chi connectivity index (χ4n) is 3.37. The predicted octanol–water partition coefficient (Wildman–Crippen LogP) is 5.96. The van der Waals surface area contributed by atoms with Crippen LogP contribution in [0.3, 0.4) is 0 Å². The van der Waals surface area contributed by atoms with E-state index in [1.807, 2.05) is 27.7 Å². The van der Waals surface area contributed by atoms with E-state index in [1.165, 1.54) is 29.8 Å². The number of anilines is 2. The van der Waals surface area contributed by atoms with Crippen LogP contribution in [-0.2, 0) is 6.61 Å². The summed E-state index contributed by atoms with van der Waals surface area (Å²) in [6, 6.07) is 11.1. The summed E-state index contributed by atoms with van der Waals surface area (Å²) in [6.07, 6.45) is 3.11. The molecule has 0 saturated heterocycles. The molecule has 4 N–H and O–H groups in total. The molecule has 186 valence electrons. The van der Waals surface area contributed by atoms with Gasteiger partial charge < -0.3 is 20.5 Å². The molecule has 0 aliphatic rings. The summed E-state index contributed by atoms with van der Waals surface area (Å²) in [4.78, 5) is 13.5. The van der Waals surface area contributed by atoms with E-state index in [0.29, 0.717) is 40.8 Å². The molecule has 0 spiro atoms. The highest BCUT2D eigenvalue weighted by atomic mass is 32.1. The minimum absolute atomic E-state index is 0.172. The Morgan fingerprint density at radius 2 is 1.78 bits per heavy atom. The summed E-state index contributed by atoms with van der Waals surface area (Å²) in [5.74, 6) is 1.36. The van der Waals surface area contributed by atoms with Crippen LogP contribution in [-0.4, -0.2) is 26.2 Å². The first-order chi connectivity index (χ1) is 17.1. The number of benzene rings is 2. The summed E-state index contributed by atoms with van der Waals surface area (Å²) in [5.41, 5.74) is 7.01. The quantitative estimate of drug-likeness (QED) is 0.252. The van der Waals surface area contributed by atoms with Crippen molar-refractivity contribution in [3.63, 3.8) is 0 Å². The van der Waals surface area contributed by atoms with Crippen LogP contribution in [0.5, 0.6) is 17.2 Å². The third kappa shape index (κ3) is 6.33. The number of aryl methyl sites for hydroxylation is 1. The van der Waals surface area contributed by atoms with Crippen LogP contribution in [0.15, 0.2) is 55.0 Å². The number of hydrogen-bond donors (Lipinski definition) is 3. The lowest BCUT2D eigenvalue weighted by molar-refractivity contribution is 0.306. The molecule has 0 bridgehead atoms. The first kappa shape index (κ1) is 25.1. The van der Waals surface area contributed by atoms with Gasteiger partial charge in [0, 0.05) is 35.5 Å². The fraction of sp³-hybridized carbons (Fsp3) is 0.231. The highest BCUT2D eigenvalue weighted by molar-refractivity contribution is 7.11. The smallest absolute Gasteiger partial charge is 0.141 e. The van der Waals surface area contributed by atoms with Gasteiger partial charge in [-0.05, 0) is 52.0 Å². The van der Waals surface area contributed by atoms with Crippen molar-refractivity contribution in [3.05, 3.63) is 81.8 Å². The SMILES string of the molecule is Cc1ncc(COc2cc(F)cc(Oc3ccc(C(=N)c4c(N)ncnc4NC(C)(C)C)cc3)c2)s1. The molecule has 8 nitrogen and oxygen atoms in total. The molecule has 0 atom stereocenters. The lowest BCUT2D eigenvalue weighted by Crippen LogP contribution is -2.28. The van der Waals surface area contributed by atoms with Gasteiger partial charge in [-0.3, -0.25) is 5.41 Å². The van der Waals surface area contributed by atoms with E-state index >= 15 is 0 Å². The van der Waals surface area contributed by atoms with Gasteiger partial charge >= 0.3 is 0 Å². The lowest BCUT2D eigenvalue weighted by Gasteiger charge is -2.23. The van der Waals surface area contributed by atoms with Crippen LogP contribution in [0.25, 0.3) is 0 Å². The van der Waals surface area contributed by atoms with Gasteiger partial charge in [0.05, 0.1) is 21.2 Å². The second kappa shape index (κ2) is 10.3. The number of ether oxygens (including phenoxy) is 2. The second-order valence-corrected chi connectivity index (χ2v) is 10.4. The van der Waals surface area contributed by atoms with E-state index in [-0.39, 0.29) is 17.1 Å². The van der Waals surface area contributed by atoms with Crippen LogP contribution in [0.2, 0.25) is 0 Å². The van der Waals surface area contributed by atoms with E-state index in [4.69, 9.17) is 20.6 Å². The molecule has 2 aromatic carbocycles. The zero-order valence-corrected chi connectivity index (χ0v) is 21.2. The second-order valence-electron chi connectivity index (χ2n) is 9.12. The van der Waals surface area contributed by atoms with Crippen molar-refractivity contribution in [2.75, 3.05) is 11.1 Å². The number of halogens is 1. The van der Waals surface area contributed by atoms with Gasteiger partial charge in [0.2, 0.25) is 0 Å². The van der Waals surface area contributed by atoms with Gasteiger partial charge in [0.1, 0.15) is 47.6 Å². The van der Waals surface area contributed by atoms with Crippen molar-refractivity contribution in [3.8, 4) is 17.2 Å². The molecule has 0 aliphatic heterocycles. The zero-order valence-electron chi connectivity index (χ0n) is 20.4.